The van der Waals surface area contributed by atoms with Crippen LogP contribution in [0.5, 0.6) is 0 Å². The number of nitrogens with two attached hydrogens (primary N) is 1. The molecular weight excluding hydrogens is 454 g/mol. The highest BCUT2D eigenvalue weighted by Gasteiger charge is 2.11. The van der Waals surface area contributed by atoms with Crippen LogP contribution in [0.15, 0.2) is 69.6 Å². The Kier molecular flexibility index (Phi) is 4.92. The number of anilines is 2. The first-order valence-electron chi connectivity index (χ1n) is 8.58. The molecule has 3 aromatic carbocycles. The number of nitrogens with zero attached hydrogens (tertiary/aromatic N) is 1. The maximum absolute atomic E-state index is 5.73. The van der Waals surface area contributed by atoms with Crippen molar-refractivity contribution in [3.05, 3.63) is 69.6 Å². The Morgan fingerprint density at radius 2 is 1.38 bits per heavy atom. The molecule has 0 atom stereocenters. The van der Waals surface area contributed by atoms with Gasteiger partial charge in [0.25, 0.3) is 0 Å². The van der Waals surface area contributed by atoms with Crippen molar-refractivity contribution in [1.29, 1.82) is 0 Å². The summed E-state index contributed by atoms with van der Waals surface area (Å²) in [5, 5.41) is 6.02. The Labute approximate surface area is 169 Å². The molecule has 0 amide bonds. The van der Waals surface area contributed by atoms with Gasteiger partial charge in [-0.2, -0.15) is 0 Å². The minimum Gasteiger partial charge on any atom is -0.399 e. The van der Waals surface area contributed by atoms with Gasteiger partial charge in [-0.15, -0.1) is 0 Å². The lowest BCUT2D eigenvalue weighted by Gasteiger charge is -2.10. The van der Waals surface area contributed by atoms with Crippen molar-refractivity contribution in [2.75, 3.05) is 17.6 Å². The molecule has 0 bridgehead atoms. The summed E-state index contributed by atoms with van der Waals surface area (Å²) >= 11 is 7.20. The Morgan fingerprint density at radius 3 is 1.96 bits per heavy atom. The number of hydrogen-bond donors (Lipinski definition) is 2. The quantitative estimate of drug-likeness (QED) is 0.260. The molecule has 0 spiro atoms. The largest absolute Gasteiger partial charge is 0.399 e. The number of hydrogen-bond acceptors (Lipinski definition) is 2. The van der Waals surface area contributed by atoms with Gasteiger partial charge < -0.3 is 15.6 Å². The van der Waals surface area contributed by atoms with Crippen LogP contribution in [0.25, 0.3) is 21.8 Å². The van der Waals surface area contributed by atoms with E-state index < -0.39 is 0 Å². The van der Waals surface area contributed by atoms with Crippen LogP contribution in [-0.4, -0.2) is 11.1 Å². The predicted octanol–water partition coefficient (Wildman–Crippen LogP) is 6.40. The second kappa shape index (κ2) is 7.33. The molecule has 0 aliphatic carbocycles. The summed E-state index contributed by atoms with van der Waals surface area (Å²) in [6, 6.07) is 20.9. The average molecular weight is 473 g/mol. The van der Waals surface area contributed by atoms with Crippen LogP contribution in [0, 0.1) is 0 Å². The minimum atomic E-state index is 0.790. The van der Waals surface area contributed by atoms with Crippen LogP contribution in [0.2, 0.25) is 0 Å². The molecule has 132 valence electrons. The zero-order chi connectivity index (χ0) is 18.1. The number of aryl methyl sites for hydroxylation is 1. The second-order valence-corrected chi connectivity index (χ2v) is 8.21. The van der Waals surface area contributed by atoms with Gasteiger partial charge in [0.05, 0.1) is 0 Å². The van der Waals surface area contributed by atoms with E-state index in [9.17, 15) is 0 Å². The van der Waals surface area contributed by atoms with Gasteiger partial charge in [0.15, 0.2) is 0 Å². The number of fused-ring (bicyclic) bond motifs is 3. The smallest absolute Gasteiger partial charge is 0.0492 e. The molecule has 4 rings (SSSR count). The van der Waals surface area contributed by atoms with Gasteiger partial charge in [-0.1, -0.05) is 31.9 Å². The number of benzene rings is 3. The Hall–Kier alpha value is -1.98. The molecular formula is C21H19Br2N3. The lowest BCUT2D eigenvalue weighted by molar-refractivity contribution is 0.701. The molecule has 3 nitrogen and oxygen atoms in total. The van der Waals surface area contributed by atoms with E-state index in [4.69, 9.17) is 5.73 Å². The van der Waals surface area contributed by atoms with E-state index in [1.54, 1.807) is 0 Å². The fourth-order valence-electron chi connectivity index (χ4n) is 3.36. The second-order valence-electron chi connectivity index (χ2n) is 6.38. The Bertz CT molecular complexity index is 1010. The van der Waals surface area contributed by atoms with E-state index in [0.717, 1.165) is 39.8 Å². The summed E-state index contributed by atoms with van der Waals surface area (Å²) in [5.74, 6) is 0. The standard InChI is InChI=1S/C21H19Br2N3/c22-14-2-8-20-18(12-14)19-13-15(23)3-9-21(19)26(20)11-1-10-25-17-6-4-16(24)5-7-17/h2-9,12-13,25H,1,10-11,24H2. The molecule has 0 radical (unpaired) electrons. The number of halogens is 2. The molecule has 5 heteroatoms. The normalized spacial score (nSPS) is 11.3. The summed E-state index contributed by atoms with van der Waals surface area (Å²) in [5.41, 5.74) is 10.2. The average Bonchev–Trinajstić information content (AvgIpc) is 2.93. The first-order chi connectivity index (χ1) is 12.6. The lowest BCUT2D eigenvalue weighted by atomic mass is 10.2. The van der Waals surface area contributed by atoms with Gasteiger partial charge >= 0.3 is 0 Å². The van der Waals surface area contributed by atoms with Crippen LogP contribution in [0.3, 0.4) is 0 Å². The molecule has 3 N–H and O–H groups in total. The fourth-order valence-corrected chi connectivity index (χ4v) is 4.08. The highest BCUT2D eigenvalue weighted by molar-refractivity contribution is 9.10. The third-order valence-electron chi connectivity index (χ3n) is 4.59. The molecule has 0 saturated heterocycles. The Morgan fingerprint density at radius 1 is 0.808 bits per heavy atom. The third-order valence-corrected chi connectivity index (χ3v) is 5.57. The minimum absolute atomic E-state index is 0.790. The molecule has 1 heterocycles. The van der Waals surface area contributed by atoms with Gasteiger partial charge in [0.1, 0.15) is 0 Å². The van der Waals surface area contributed by atoms with Crippen LogP contribution >= 0.6 is 31.9 Å². The molecule has 0 fully saturated rings. The number of rotatable bonds is 5. The van der Waals surface area contributed by atoms with Crippen molar-refractivity contribution in [3.8, 4) is 0 Å². The van der Waals surface area contributed by atoms with Crippen LogP contribution < -0.4 is 11.1 Å². The molecule has 26 heavy (non-hydrogen) atoms. The first kappa shape index (κ1) is 17.4. The fraction of sp³-hybridized carbons (Fsp3) is 0.143. The molecule has 0 aliphatic heterocycles. The third kappa shape index (κ3) is 3.46. The molecule has 0 unspecified atom stereocenters. The summed E-state index contributed by atoms with van der Waals surface area (Å²) < 4.78 is 4.62. The van der Waals surface area contributed by atoms with Gasteiger partial charge in [0, 0.05) is 55.2 Å². The summed E-state index contributed by atoms with van der Waals surface area (Å²) in [4.78, 5) is 0. The van der Waals surface area contributed by atoms with Crippen LogP contribution in [-0.2, 0) is 6.54 Å². The van der Waals surface area contributed by atoms with Crippen molar-refractivity contribution in [2.24, 2.45) is 0 Å². The van der Waals surface area contributed by atoms with Crippen LogP contribution in [0.1, 0.15) is 6.42 Å². The molecule has 0 aliphatic rings. The highest BCUT2D eigenvalue weighted by atomic mass is 79.9. The summed E-state index contributed by atoms with van der Waals surface area (Å²) in [6.45, 7) is 1.88. The monoisotopic (exact) mass is 471 g/mol. The van der Waals surface area contributed by atoms with Gasteiger partial charge in [0.2, 0.25) is 0 Å². The van der Waals surface area contributed by atoms with Gasteiger partial charge in [-0.3, -0.25) is 0 Å². The van der Waals surface area contributed by atoms with Crippen molar-refractivity contribution in [1.82, 2.24) is 4.57 Å². The van der Waals surface area contributed by atoms with Gasteiger partial charge in [-0.05, 0) is 67.1 Å². The van der Waals surface area contributed by atoms with Crippen molar-refractivity contribution < 1.29 is 0 Å². The van der Waals surface area contributed by atoms with E-state index in [1.165, 1.54) is 21.8 Å². The number of nitrogens with one attached hydrogen (secondary N) is 1. The summed E-state index contributed by atoms with van der Waals surface area (Å²) in [6.07, 6.45) is 1.04. The molecule has 0 saturated carbocycles. The highest BCUT2D eigenvalue weighted by Crippen LogP contribution is 2.33. The topological polar surface area (TPSA) is 43.0 Å². The lowest BCUT2D eigenvalue weighted by Crippen LogP contribution is -2.06. The van der Waals surface area contributed by atoms with E-state index in [-0.39, 0.29) is 0 Å². The zero-order valence-corrected chi connectivity index (χ0v) is 17.3. The van der Waals surface area contributed by atoms with Crippen molar-refractivity contribution in [3.63, 3.8) is 0 Å². The number of nitrogen functional groups attached to an aromatic ring is 1. The van der Waals surface area contributed by atoms with Gasteiger partial charge in [-0.25, -0.2) is 0 Å². The maximum Gasteiger partial charge on any atom is 0.0492 e. The van der Waals surface area contributed by atoms with E-state index in [1.807, 2.05) is 24.3 Å². The van der Waals surface area contributed by atoms with E-state index >= 15 is 0 Å². The zero-order valence-electron chi connectivity index (χ0n) is 14.2. The maximum atomic E-state index is 5.73. The van der Waals surface area contributed by atoms with E-state index in [0.29, 0.717) is 0 Å². The summed E-state index contributed by atoms with van der Waals surface area (Å²) in [7, 11) is 0. The Balaban J connectivity index is 1.58. The SMILES string of the molecule is Nc1ccc(NCCCn2c3ccc(Br)cc3c3cc(Br)ccc32)cc1. The van der Waals surface area contributed by atoms with Crippen molar-refractivity contribution in [2.45, 2.75) is 13.0 Å². The van der Waals surface area contributed by atoms with E-state index in [2.05, 4.69) is 78.1 Å². The molecule has 4 aromatic rings. The number of aromatic nitrogens is 1. The first-order valence-corrected chi connectivity index (χ1v) is 10.2. The van der Waals surface area contributed by atoms with Crippen LogP contribution in [0.4, 0.5) is 11.4 Å². The van der Waals surface area contributed by atoms with Crippen molar-refractivity contribution >= 4 is 65.0 Å². The molecule has 1 aromatic heterocycles. The predicted molar refractivity (Wildman–Crippen MR) is 119 cm³/mol.